The summed E-state index contributed by atoms with van der Waals surface area (Å²) in [6, 6.07) is 10.7. The molecule has 0 spiro atoms. The first-order valence-corrected chi connectivity index (χ1v) is 7.09. The van der Waals surface area contributed by atoms with Gasteiger partial charge in [0.2, 0.25) is 5.91 Å². The minimum atomic E-state index is -0.0934. The van der Waals surface area contributed by atoms with E-state index >= 15 is 0 Å². The van der Waals surface area contributed by atoms with Gasteiger partial charge in [-0.25, -0.2) is 0 Å². The van der Waals surface area contributed by atoms with Gasteiger partial charge in [-0.1, -0.05) is 28.1 Å². The average molecular weight is 334 g/mol. The normalized spacial score (nSPS) is 10.3. The number of aryl methyl sites for hydroxylation is 2. The van der Waals surface area contributed by atoms with Crippen molar-refractivity contribution in [1.29, 1.82) is 0 Å². The Morgan fingerprint density at radius 1 is 1.20 bits per heavy atom. The van der Waals surface area contributed by atoms with Gasteiger partial charge in [0.05, 0.1) is 6.42 Å². The lowest BCUT2D eigenvalue weighted by atomic mass is 10.1. The lowest BCUT2D eigenvalue weighted by molar-refractivity contribution is -0.115. The lowest BCUT2D eigenvalue weighted by Gasteiger charge is -2.12. The van der Waals surface area contributed by atoms with E-state index in [4.69, 9.17) is 0 Å². The Morgan fingerprint density at radius 3 is 2.45 bits per heavy atom. The van der Waals surface area contributed by atoms with Crippen LogP contribution in [-0.2, 0) is 11.2 Å². The summed E-state index contributed by atoms with van der Waals surface area (Å²) in [7, 11) is 0. The molecule has 2 aromatic rings. The number of amides is 1. The molecule has 0 bridgehead atoms. The molecular weight excluding hydrogens is 318 g/mol. The van der Waals surface area contributed by atoms with E-state index in [0.717, 1.165) is 26.9 Å². The summed E-state index contributed by atoms with van der Waals surface area (Å²) in [5.41, 5.74) is 3.66. The van der Waals surface area contributed by atoms with Gasteiger partial charge in [0.25, 0.3) is 0 Å². The number of nitrogens with one attached hydrogen (secondary N) is 1. The fourth-order valence-electron chi connectivity index (χ4n) is 2.14. The molecule has 1 amide bonds. The number of anilines is 1. The van der Waals surface area contributed by atoms with Gasteiger partial charge in [0.1, 0.15) is 5.75 Å². The Balaban J connectivity index is 2.13. The van der Waals surface area contributed by atoms with E-state index in [-0.39, 0.29) is 18.1 Å². The van der Waals surface area contributed by atoms with E-state index in [0.29, 0.717) is 0 Å². The van der Waals surface area contributed by atoms with Crippen molar-refractivity contribution in [1.82, 2.24) is 0 Å². The van der Waals surface area contributed by atoms with Crippen LogP contribution in [0.1, 0.15) is 16.7 Å². The fraction of sp³-hybridized carbons (Fsp3) is 0.188. The third-order valence-electron chi connectivity index (χ3n) is 3.04. The molecular formula is C16H16BrNO2. The highest BCUT2D eigenvalue weighted by atomic mass is 79.9. The quantitative estimate of drug-likeness (QED) is 0.893. The van der Waals surface area contributed by atoms with E-state index < -0.39 is 0 Å². The maximum Gasteiger partial charge on any atom is 0.228 e. The van der Waals surface area contributed by atoms with E-state index in [1.165, 1.54) is 0 Å². The molecule has 0 fully saturated rings. The van der Waals surface area contributed by atoms with E-state index in [2.05, 4.69) is 21.2 Å². The Morgan fingerprint density at radius 2 is 1.85 bits per heavy atom. The number of phenolic OH excluding ortho intramolecular Hbond substituents is 1. The van der Waals surface area contributed by atoms with Crippen LogP contribution >= 0.6 is 15.9 Å². The SMILES string of the molecule is Cc1cc(Br)cc(C)c1NC(=O)Cc1cccc(O)c1. The van der Waals surface area contributed by atoms with Crippen LogP contribution in [0.2, 0.25) is 0 Å². The van der Waals surface area contributed by atoms with Crippen LogP contribution in [0.4, 0.5) is 5.69 Å². The van der Waals surface area contributed by atoms with Gasteiger partial charge in [-0.3, -0.25) is 4.79 Å². The van der Waals surface area contributed by atoms with Crippen LogP contribution in [-0.4, -0.2) is 11.0 Å². The van der Waals surface area contributed by atoms with Crippen LogP contribution in [0.3, 0.4) is 0 Å². The largest absolute Gasteiger partial charge is 0.508 e. The fourth-order valence-corrected chi connectivity index (χ4v) is 2.83. The molecule has 2 N–H and O–H groups in total. The zero-order chi connectivity index (χ0) is 14.7. The molecule has 0 radical (unpaired) electrons. The molecule has 0 aliphatic rings. The maximum absolute atomic E-state index is 12.1. The summed E-state index contributed by atoms with van der Waals surface area (Å²) in [6.07, 6.45) is 0.239. The molecule has 0 heterocycles. The zero-order valence-electron chi connectivity index (χ0n) is 11.4. The zero-order valence-corrected chi connectivity index (χ0v) is 13.0. The third-order valence-corrected chi connectivity index (χ3v) is 3.49. The Bertz CT molecular complexity index is 630. The molecule has 4 heteroatoms. The molecule has 0 aliphatic carbocycles. The number of carbonyl (C=O) groups excluding carboxylic acids is 1. The van der Waals surface area contributed by atoms with Crippen molar-refractivity contribution in [2.24, 2.45) is 0 Å². The van der Waals surface area contributed by atoms with Crippen LogP contribution in [0.5, 0.6) is 5.75 Å². The molecule has 0 saturated carbocycles. The number of hydrogen-bond acceptors (Lipinski definition) is 2. The molecule has 2 rings (SSSR count). The Labute approximate surface area is 126 Å². The average Bonchev–Trinajstić information content (AvgIpc) is 2.33. The number of aromatic hydroxyl groups is 1. The monoisotopic (exact) mass is 333 g/mol. The molecule has 104 valence electrons. The van der Waals surface area contributed by atoms with Crippen molar-refractivity contribution >= 4 is 27.5 Å². The van der Waals surface area contributed by atoms with Gasteiger partial charge in [-0.15, -0.1) is 0 Å². The topological polar surface area (TPSA) is 49.3 Å². The van der Waals surface area contributed by atoms with Crippen molar-refractivity contribution in [2.75, 3.05) is 5.32 Å². The molecule has 0 atom stereocenters. The number of rotatable bonds is 3. The van der Waals surface area contributed by atoms with Crippen LogP contribution < -0.4 is 5.32 Å². The minimum absolute atomic E-state index is 0.0934. The molecule has 0 unspecified atom stereocenters. The second-order valence-corrected chi connectivity index (χ2v) is 5.73. The Hall–Kier alpha value is -1.81. The van der Waals surface area contributed by atoms with Crippen molar-refractivity contribution in [2.45, 2.75) is 20.3 Å². The Kier molecular flexibility index (Phi) is 4.45. The first-order chi connectivity index (χ1) is 9.45. The summed E-state index contributed by atoms with van der Waals surface area (Å²) in [6.45, 7) is 3.92. The van der Waals surface area contributed by atoms with Gasteiger partial charge >= 0.3 is 0 Å². The number of benzene rings is 2. The highest BCUT2D eigenvalue weighted by Gasteiger charge is 2.09. The molecule has 2 aromatic carbocycles. The van der Waals surface area contributed by atoms with Gasteiger partial charge in [0.15, 0.2) is 0 Å². The van der Waals surface area contributed by atoms with Gasteiger partial charge in [-0.2, -0.15) is 0 Å². The minimum Gasteiger partial charge on any atom is -0.508 e. The van der Waals surface area contributed by atoms with Crippen LogP contribution in [0.15, 0.2) is 40.9 Å². The smallest absolute Gasteiger partial charge is 0.228 e. The highest BCUT2D eigenvalue weighted by Crippen LogP contribution is 2.25. The summed E-state index contributed by atoms with van der Waals surface area (Å²) in [4.78, 5) is 12.1. The highest BCUT2D eigenvalue weighted by molar-refractivity contribution is 9.10. The third kappa shape index (κ3) is 3.61. The number of hydrogen-bond donors (Lipinski definition) is 2. The number of carbonyl (C=O) groups is 1. The first-order valence-electron chi connectivity index (χ1n) is 6.30. The van der Waals surface area contributed by atoms with Crippen LogP contribution in [0.25, 0.3) is 0 Å². The summed E-state index contributed by atoms with van der Waals surface area (Å²) in [5.74, 6) is 0.0791. The van der Waals surface area contributed by atoms with Crippen LogP contribution in [0, 0.1) is 13.8 Å². The molecule has 3 nitrogen and oxygen atoms in total. The number of phenols is 1. The predicted molar refractivity (Wildman–Crippen MR) is 84.1 cm³/mol. The van der Waals surface area contributed by atoms with Crippen molar-refractivity contribution in [3.05, 3.63) is 57.6 Å². The molecule has 0 aromatic heterocycles. The van der Waals surface area contributed by atoms with Gasteiger partial charge in [0, 0.05) is 10.2 Å². The second kappa shape index (κ2) is 6.09. The van der Waals surface area contributed by atoms with Crippen molar-refractivity contribution in [3.63, 3.8) is 0 Å². The van der Waals surface area contributed by atoms with Crippen molar-refractivity contribution < 1.29 is 9.90 Å². The maximum atomic E-state index is 12.1. The molecule has 0 saturated heterocycles. The van der Waals surface area contributed by atoms with E-state index in [1.54, 1.807) is 18.2 Å². The summed E-state index contributed by atoms with van der Waals surface area (Å²) >= 11 is 3.43. The van der Waals surface area contributed by atoms with Crippen molar-refractivity contribution in [3.8, 4) is 5.75 Å². The summed E-state index contributed by atoms with van der Waals surface area (Å²) in [5, 5.41) is 12.3. The number of halogens is 1. The second-order valence-electron chi connectivity index (χ2n) is 4.81. The molecule has 0 aliphatic heterocycles. The molecule has 20 heavy (non-hydrogen) atoms. The van der Waals surface area contributed by atoms with Gasteiger partial charge in [-0.05, 0) is 54.8 Å². The predicted octanol–water partition coefficient (Wildman–Crippen LogP) is 3.95. The lowest BCUT2D eigenvalue weighted by Crippen LogP contribution is -2.16. The standard InChI is InChI=1S/C16H16BrNO2/c1-10-6-13(17)7-11(2)16(10)18-15(20)9-12-4-3-5-14(19)8-12/h3-8,19H,9H2,1-2H3,(H,18,20). The van der Waals surface area contributed by atoms with E-state index in [9.17, 15) is 9.90 Å². The summed E-state index contributed by atoms with van der Waals surface area (Å²) < 4.78 is 0.999. The first kappa shape index (κ1) is 14.6. The van der Waals surface area contributed by atoms with Gasteiger partial charge < -0.3 is 10.4 Å². The van der Waals surface area contributed by atoms with E-state index in [1.807, 2.05) is 32.0 Å².